The van der Waals surface area contributed by atoms with Gasteiger partial charge >= 0.3 is 0 Å². The summed E-state index contributed by atoms with van der Waals surface area (Å²) in [6.07, 6.45) is 10.3. The lowest BCUT2D eigenvalue weighted by Gasteiger charge is -2.64. The number of rotatable bonds is 0. The van der Waals surface area contributed by atoms with E-state index in [4.69, 9.17) is 0 Å². The molecule has 0 amide bonds. The highest BCUT2D eigenvalue weighted by Gasteiger charge is 2.63. The van der Waals surface area contributed by atoms with Crippen molar-refractivity contribution in [3.05, 3.63) is 12.2 Å². The number of carbonyl (C=O) groups excluding carboxylic acids is 1. The first-order chi connectivity index (χ1) is 10.7. The molecule has 7 atom stereocenters. The fourth-order valence-electron chi connectivity index (χ4n) is 7.68. The van der Waals surface area contributed by atoms with Gasteiger partial charge in [0.25, 0.3) is 0 Å². The van der Waals surface area contributed by atoms with E-state index in [2.05, 4.69) is 34.3 Å². The second-order valence-corrected chi connectivity index (χ2v) is 10.3. The van der Waals surface area contributed by atoms with Gasteiger partial charge in [0.15, 0.2) is 5.78 Å². The van der Waals surface area contributed by atoms with Gasteiger partial charge in [-0.25, -0.2) is 0 Å². The van der Waals surface area contributed by atoms with E-state index in [9.17, 15) is 4.79 Å². The molecule has 4 aliphatic carbocycles. The topological polar surface area (TPSA) is 17.1 Å². The van der Waals surface area contributed by atoms with E-state index in [1.165, 1.54) is 38.5 Å². The Bertz CT molecular complexity index is 562. The van der Waals surface area contributed by atoms with Crippen molar-refractivity contribution >= 4 is 5.78 Å². The average Bonchev–Trinajstić information content (AvgIpc) is 2.72. The zero-order chi connectivity index (χ0) is 16.6. The summed E-state index contributed by atoms with van der Waals surface area (Å²) in [6.45, 7) is 14.0. The quantitative estimate of drug-likeness (QED) is 0.517. The van der Waals surface area contributed by atoms with Gasteiger partial charge in [0.05, 0.1) is 0 Å². The van der Waals surface area contributed by atoms with Gasteiger partial charge in [-0.05, 0) is 85.0 Å². The SMILES string of the molecule is C=C1C[C@H]2[C@@H]3CC[C@@]4(C)C[C@@H](C)CC[C@]4(C)[C@H]3CC[C@]2(C)C1=O. The first kappa shape index (κ1) is 15.9. The van der Waals surface area contributed by atoms with Crippen LogP contribution >= 0.6 is 0 Å². The number of hydrogen-bond donors (Lipinski definition) is 0. The Balaban J connectivity index is 1.70. The molecule has 0 unspecified atom stereocenters. The minimum Gasteiger partial charge on any atom is -0.294 e. The fourth-order valence-corrected chi connectivity index (χ4v) is 7.68. The third-order valence-corrected chi connectivity index (χ3v) is 9.31. The molecule has 23 heavy (non-hydrogen) atoms. The predicted octanol–water partition coefficient (Wildman–Crippen LogP) is 5.79. The molecule has 128 valence electrons. The van der Waals surface area contributed by atoms with Crippen LogP contribution in [0.4, 0.5) is 0 Å². The van der Waals surface area contributed by atoms with Crippen LogP contribution in [-0.4, -0.2) is 5.78 Å². The van der Waals surface area contributed by atoms with Crippen LogP contribution in [0.3, 0.4) is 0 Å². The highest BCUT2D eigenvalue weighted by molar-refractivity contribution is 6.02. The Morgan fingerprint density at radius 3 is 2.48 bits per heavy atom. The minimum absolute atomic E-state index is 0.0791. The Morgan fingerprint density at radius 2 is 1.74 bits per heavy atom. The van der Waals surface area contributed by atoms with E-state index in [0.29, 0.717) is 22.5 Å². The molecule has 0 aromatic carbocycles. The molecule has 4 rings (SSSR count). The van der Waals surface area contributed by atoms with E-state index in [-0.39, 0.29) is 5.41 Å². The number of carbonyl (C=O) groups is 1. The molecule has 0 heterocycles. The normalized spacial score (nSPS) is 56.0. The van der Waals surface area contributed by atoms with Crippen LogP contribution in [0.25, 0.3) is 0 Å². The lowest BCUT2D eigenvalue weighted by molar-refractivity contribution is -0.161. The standard InChI is InChI=1S/C22H34O/c1-14-6-11-22(5)17-8-10-21(4)18(12-15(2)19(21)23)16(17)7-9-20(22,3)13-14/h14,16-18H,2,6-13H2,1,3-5H3/t14-,16+,17-,18-,20-,21-,22+/m0/s1. The maximum absolute atomic E-state index is 12.7. The third-order valence-electron chi connectivity index (χ3n) is 9.31. The van der Waals surface area contributed by atoms with Gasteiger partial charge in [0.1, 0.15) is 0 Å². The molecule has 0 bridgehead atoms. The van der Waals surface area contributed by atoms with Crippen molar-refractivity contribution in [1.29, 1.82) is 0 Å². The van der Waals surface area contributed by atoms with E-state index >= 15 is 0 Å². The molecule has 0 N–H and O–H groups in total. The summed E-state index contributed by atoms with van der Waals surface area (Å²) in [5, 5.41) is 0. The fraction of sp³-hybridized carbons (Fsp3) is 0.864. The van der Waals surface area contributed by atoms with Crippen LogP contribution in [0.5, 0.6) is 0 Å². The average molecular weight is 315 g/mol. The zero-order valence-electron chi connectivity index (χ0n) is 15.6. The highest BCUT2D eigenvalue weighted by atomic mass is 16.1. The van der Waals surface area contributed by atoms with Gasteiger partial charge in [0, 0.05) is 5.41 Å². The molecule has 4 aliphatic rings. The second kappa shape index (κ2) is 4.73. The summed E-state index contributed by atoms with van der Waals surface area (Å²) in [4.78, 5) is 12.7. The third kappa shape index (κ3) is 1.89. The highest BCUT2D eigenvalue weighted by Crippen LogP contribution is 2.70. The molecule has 0 radical (unpaired) electrons. The number of Topliss-reactive ketones (excluding diaryl/α,β-unsaturated/α-hetero) is 1. The van der Waals surface area contributed by atoms with Crippen molar-refractivity contribution in [3.63, 3.8) is 0 Å². The minimum atomic E-state index is -0.0791. The molecule has 0 aliphatic heterocycles. The van der Waals surface area contributed by atoms with Crippen LogP contribution in [0, 0.1) is 39.9 Å². The van der Waals surface area contributed by atoms with Crippen LogP contribution < -0.4 is 0 Å². The van der Waals surface area contributed by atoms with Crippen molar-refractivity contribution < 1.29 is 4.79 Å². The van der Waals surface area contributed by atoms with Crippen LogP contribution in [0.15, 0.2) is 12.2 Å². The maximum atomic E-state index is 12.7. The van der Waals surface area contributed by atoms with Gasteiger partial charge in [-0.2, -0.15) is 0 Å². The lowest BCUT2D eigenvalue weighted by Crippen LogP contribution is -2.57. The van der Waals surface area contributed by atoms with Gasteiger partial charge in [-0.3, -0.25) is 4.79 Å². The Hall–Kier alpha value is -0.590. The van der Waals surface area contributed by atoms with Gasteiger partial charge in [-0.1, -0.05) is 40.7 Å². The van der Waals surface area contributed by atoms with Crippen molar-refractivity contribution in [2.75, 3.05) is 0 Å². The Kier molecular flexibility index (Phi) is 3.27. The van der Waals surface area contributed by atoms with Gasteiger partial charge in [0.2, 0.25) is 0 Å². The second-order valence-electron chi connectivity index (χ2n) is 10.3. The molecule has 1 heteroatoms. The number of fused-ring (bicyclic) bond motifs is 5. The van der Waals surface area contributed by atoms with Crippen molar-refractivity contribution in [2.45, 2.75) is 79.1 Å². The first-order valence-corrected chi connectivity index (χ1v) is 9.94. The summed E-state index contributed by atoms with van der Waals surface area (Å²) in [5.41, 5.74) is 1.87. The predicted molar refractivity (Wildman–Crippen MR) is 95.0 cm³/mol. The summed E-state index contributed by atoms with van der Waals surface area (Å²) in [6, 6.07) is 0. The van der Waals surface area contributed by atoms with Gasteiger partial charge < -0.3 is 0 Å². The molecule has 0 aromatic rings. The molecule has 4 saturated carbocycles. The van der Waals surface area contributed by atoms with Crippen molar-refractivity contribution in [2.24, 2.45) is 39.9 Å². The number of ketones is 1. The van der Waals surface area contributed by atoms with Crippen molar-refractivity contribution in [1.82, 2.24) is 0 Å². The van der Waals surface area contributed by atoms with Gasteiger partial charge in [-0.15, -0.1) is 0 Å². The van der Waals surface area contributed by atoms with Crippen LogP contribution in [0.1, 0.15) is 79.1 Å². The summed E-state index contributed by atoms with van der Waals surface area (Å²) >= 11 is 0. The summed E-state index contributed by atoms with van der Waals surface area (Å²) < 4.78 is 0. The Morgan fingerprint density at radius 1 is 1.00 bits per heavy atom. The first-order valence-electron chi connectivity index (χ1n) is 9.94. The van der Waals surface area contributed by atoms with E-state index in [1.54, 1.807) is 0 Å². The number of hydrogen-bond acceptors (Lipinski definition) is 1. The van der Waals surface area contributed by atoms with E-state index in [0.717, 1.165) is 36.2 Å². The zero-order valence-corrected chi connectivity index (χ0v) is 15.6. The lowest BCUT2D eigenvalue weighted by atomic mass is 9.40. The van der Waals surface area contributed by atoms with Crippen LogP contribution in [0.2, 0.25) is 0 Å². The molecule has 0 spiro atoms. The molecular weight excluding hydrogens is 280 g/mol. The molecule has 4 fully saturated rings. The summed E-state index contributed by atoms with van der Waals surface area (Å²) in [7, 11) is 0. The van der Waals surface area contributed by atoms with Crippen LogP contribution in [-0.2, 0) is 4.79 Å². The largest absolute Gasteiger partial charge is 0.294 e. The van der Waals surface area contributed by atoms with E-state index in [1.807, 2.05) is 0 Å². The summed E-state index contributed by atoms with van der Waals surface area (Å²) in [5.74, 6) is 3.49. The molecule has 0 aromatic heterocycles. The monoisotopic (exact) mass is 314 g/mol. The number of allylic oxidation sites excluding steroid dienone is 1. The Labute approximate surface area is 142 Å². The molecule has 1 nitrogen and oxygen atoms in total. The maximum Gasteiger partial charge on any atom is 0.164 e. The van der Waals surface area contributed by atoms with Crippen molar-refractivity contribution in [3.8, 4) is 0 Å². The smallest absolute Gasteiger partial charge is 0.164 e. The molecular formula is C22H34O. The van der Waals surface area contributed by atoms with E-state index < -0.39 is 0 Å². The molecule has 0 saturated heterocycles.